The van der Waals surface area contributed by atoms with Crippen molar-refractivity contribution in [3.63, 3.8) is 0 Å². The monoisotopic (exact) mass is 274 g/mol. The van der Waals surface area contributed by atoms with Gasteiger partial charge in [0.2, 0.25) is 0 Å². The molecule has 4 unspecified atom stereocenters. The first-order chi connectivity index (χ1) is 9.59. The molecule has 0 amide bonds. The quantitative estimate of drug-likeness (QED) is 0.734. The lowest BCUT2D eigenvalue weighted by Crippen LogP contribution is -2.47. The molecule has 0 saturated heterocycles. The number of hydrogen-bond acceptors (Lipinski definition) is 2. The third-order valence-electron chi connectivity index (χ3n) is 7.25. The largest absolute Gasteiger partial charge is 0.393 e. The number of allylic oxidation sites excluding steroid dienone is 1. The summed E-state index contributed by atoms with van der Waals surface area (Å²) in [5.41, 5.74) is 1.65. The van der Waals surface area contributed by atoms with Gasteiger partial charge >= 0.3 is 0 Å². The van der Waals surface area contributed by atoms with Crippen LogP contribution in [0.2, 0.25) is 0 Å². The van der Waals surface area contributed by atoms with Crippen LogP contribution >= 0.6 is 0 Å². The van der Waals surface area contributed by atoms with E-state index in [2.05, 4.69) is 6.92 Å². The zero-order chi connectivity index (χ0) is 13.9. The van der Waals surface area contributed by atoms with Gasteiger partial charge in [-0.25, -0.2) is 0 Å². The summed E-state index contributed by atoms with van der Waals surface area (Å²) in [6, 6.07) is 0. The fourth-order valence-electron chi connectivity index (χ4n) is 6.15. The van der Waals surface area contributed by atoms with Crippen LogP contribution in [0.1, 0.15) is 58.3 Å². The van der Waals surface area contributed by atoms with Crippen LogP contribution < -0.4 is 0 Å². The molecule has 0 aromatic rings. The highest BCUT2D eigenvalue weighted by Crippen LogP contribution is 2.61. The lowest BCUT2D eigenvalue weighted by Gasteiger charge is -2.53. The molecule has 2 heteroatoms. The molecule has 6 atom stereocenters. The molecular formula is C18H26O2. The average molecular weight is 274 g/mol. The van der Waals surface area contributed by atoms with E-state index in [1.54, 1.807) is 0 Å². The van der Waals surface area contributed by atoms with Gasteiger partial charge in [-0.2, -0.15) is 0 Å². The van der Waals surface area contributed by atoms with E-state index < -0.39 is 0 Å². The molecule has 4 aliphatic rings. The highest BCUT2D eigenvalue weighted by atomic mass is 16.3. The second-order valence-corrected chi connectivity index (χ2v) is 7.94. The summed E-state index contributed by atoms with van der Waals surface area (Å²) in [6.07, 6.45) is 10.9. The van der Waals surface area contributed by atoms with E-state index >= 15 is 0 Å². The van der Waals surface area contributed by atoms with E-state index in [-0.39, 0.29) is 11.5 Å². The van der Waals surface area contributed by atoms with Gasteiger partial charge in [0, 0.05) is 6.42 Å². The van der Waals surface area contributed by atoms with Gasteiger partial charge in [-0.1, -0.05) is 12.5 Å². The molecule has 0 aromatic heterocycles. The minimum absolute atomic E-state index is 0.0710. The summed E-state index contributed by atoms with van der Waals surface area (Å²) in [4.78, 5) is 11.6. The molecule has 0 spiro atoms. The van der Waals surface area contributed by atoms with E-state index in [1.165, 1.54) is 31.3 Å². The van der Waals surface area contributed by atoms with Crippen LogP contribution in [0.4, 0.5) is 0 Å². The number of hydrogen-bond donors (Lipinski definition) is 1. The minimum atomic E-state index is -0.0710. The Morgan fingerprint density at radius 2 is 1.95 bits per heavy atom. The van der Waals surface area contributed by atoms with Gasteiger partial charge in [-0.05, 0) is 80.1 Å². The predicted molar refractivity (Wildman–Crippen MR) is 78.1 cm³/mol. The number of ketones is 1. The Bertz CT molecular complexity index is 466. The van der Waals surface area contributed by atoms with Gasteiger partial charge in [0.15, 0.2) is 5.78 Å². The number of fused-ring (bicyclic) bond motifs is 5. The SMILES string of the molecule is C[C@@]12CCC3C4CCC(=O)C=C4CCC3C1CC[C@H]2O. The number of aliphatic hydroxyl groups is 1. The van der Waals surface area contributed by atoms with Gasteiger partial charge in [-0.3, -0.25) is 4.79 Å². The molecule has 0 radical (unpaired) electrons. The van der Waals surface area contributed by atoms with Crippen LogP contribution in [0.15, 0.2) is 11.6 Å². The van der Waals surface area contributed by atoms with Crippen LogP contribution in [0.3, 0.4) is 0 Å². The number of rotatable bonds is 0. The Hall–Kier alpha value is -0.630. The molecule has 110 valence electrons. The molecule has 3 saturated carbocycles. The summed E-state index contributed by atoms with van der Waals surface area (Å²) in [5, 5.41) is 10.4. The third kappa shape index (κ3) is 1.70. The molecule has 1 N–H and O–H groups in total. The summed E-state index contributed by atoms with van der Waals surface area (Å²) >= 11 is 0. The standard InChI is InChI=1S/C18H26O2/c1-18-9-8-14-13-5-3-12(19)10-11(13)2-4-15(14)16(18)6-7-17(18)20/h10,13-17,20H,2-9H2,1H3/t13?,14?,15?,16?,17-,18-/m1/s1. The van der Waals surface area contributed by atoms with Crippen LogP contribution in [-0.2, 0) is 4.79 Å². The van der Waals surface area contributed by atoms with Crippen molar-refractivity contribution in [1.82, 2.24) is 0 Å². The maximum absolute atomic E-state index is 11.6. The Morgan fingerprint density at radius 1 is 1.10 bits per heavy atom. The molecule has 0 heterocycles. The van der Waals surface area contributed by atoms with E-state index in [1.807, 2.05) is 6.08 Å². The molecule has 2 nitrogen and oxygen atoms in total. The van der Waals surface area contributed by atoms with Gasteiger partial charge in [-0.15, -0.1) is 0 Å². The van der Waals surface area contributed by atoms with Gasteiger partial charge in [0.25, 0.3) is 0 Å². The molecular weight excluding hydrogens is 248 g/mol. The average Bonchev–Trinajstić information content (AvgIpc) is 2.74. The Morgan fingerprint density at radius 3 is 2.80 bits per heavy atom. The molecule has 4 rings (SSSR count). The summed E-state index contributed by atoms with van der Waals surface area (Å²) in [7, 11) is 0. The van der Waals surface area contributed by atoms with Crippen molar-refractivity contribution in [3.05, 3.63) is 11.6 Å². The fraction of sp³-hybridized carbons (Fsp3) is 0.833. The lowest BCUT2D eigenvalue weighted by molar-refractivity contribution is -0.116. The number of carbonyl (C=O) groups excluding carboxylic acids is 1. The predicted octanol–water partition coefficient (Wildman–Crippen LogP) is 3.49. The summed E-state index contributed by atoms with van der Waals surface area (Å²) in [5.74, 6) is 3.38. The Balaban J connectivity index is 1.63. The maximum Gasteiger partial charge on any atom is 0.155 e. The molecule has 20 heavy (non-hydrogen) atoms. The Labute approximate surface area is 121 Å². The number of carbonyl (C=O) groups is 1. The van der Waals surface area contributed by atoms with Crippen LogP contribution in [0, 0.1) is 29.1 Å². The highest BCUT2D eigenvalue weighted by Gasteiger charge is 2.55. The molecule has 0 bridgehead atoms. The molecule has 4 aliphatic carbocycles. The fourth-order valence-corrected chi connectivity index (χ4v) is 6.15. The zero-order valence-corrected chi connectivity index (χ0v) is 12.5. The normalized spacial score (nSPS) is 51.0. The van der Waals surface area contributed by atoms with Gasteiger partial charge < -0.3 is 5.11 Å². The second kappa shape index (κ2) is 4.43. The molecule has 3 fully saturated rings. The second-order valence-electron chi connectivity index (χ2n) is 7.94. The Kier molecular flexibility index (Phi) is 2.89. The van der Waals surface area contributed by atoms with Gasteiger partial charge in [0.1, 0.15) is 0 Å². The first-order valence-corrected chi connectivity index (χ1v) is 8.51. The van der Waals surface area contributed by atoms with Crippen LogP contribution in [0.5, 0.6) is 0 Å². The zero-order valence-electron chi connectivity index (χ0n) is 12.5. The maximum atomic E-state index is 11.6. The van der Waals surface area contributed by atoms with Crippen molar-refractivity contribution in [2.45, 2.75) is 64.4 Å². The van der Waals surface area contributed by atoms with Crippen molar-refractivity contribution >= 4 is 5.78 Å². The molecule has 0 aliphatic heterocycles. The van der Waals surface area contributed by atoms with Crippen LogP contribution in [-0.4, -0.2) is 17.0 Å². The topological polar surface area (TPSA) is 37.3 Å². The van der Waals surface area contributed by atoms with E-state index in [0.29, 0.717) is 11.7 Å². The smallest absolute Gasteiger partial charge is 0.155 e. The first-order valence-electron chi connectivity index (χ1n) is 8.51. The van der Waals surface area contributed by atoms with E-state index in [0.717, 1.165) is 43.4 Å². The first kappa shape index (κ1) is 13.1. The lowest BCUT2D eigenvalue weighted by atomic mass is 9.52. The summed E-state index contributed by atoms with van der Waals surface area (Å²) in [6.45, 7) is 2.33. The van der Waals surface area contributed by atoms with Crippen molar-refractivity contribution in [1.29, 1.82) is 0 Å². The van der Waals surface area contributed by atoms with Gasteiger partial charge in [0.05, 0.1) is 6.10 Å². The van der Waals surface area contributed by atoms with E-state index in [4.69, 9.17) is 0 Å². The number of aliphatic hydroxyl groups excluding tert-OH is 1. The van der Waals surface area contributed by atoms with Crippen molar-refractivity contribution in [3.8, 4) is 0 Å². The summed E-state index contributed by atoms with van der Waals surface area (Å²) < 4.78 is 0. The minimum Gasteiger partial charge on any atom is -0.393 e. The third-order valence-corrected chi connectivity index (χ3v) is 7.25. The van der Waals surface area contributed by atoms with Crippen LogP contribution in [0.25, 0.3) is 0 Å². The van der Waals surface area contributed by atoms with E-state index in [9.17, 15) is 9.90 Å². The highest BCUT2D eigenvalue weighted by molar-refractivity contribution is 5.91. The van der Waals surface area contributed by atoms with Crippen molar-refractivity contribution < 1.29 is 9.90 Å². The molecule has 0 aromatic carbocycles. The van der Waals surface area contributed by atoms with Crippen molar-refractivity contribution in [2.24, 2.45) is 29.1 Å². The van der Waals surface area contributed by atoms with Crippen molar-refractivity contribution in [2.75, 3.05) is 0 Å².